The van der Waals surface area contributed by atoms with Gasteiger partial charge in [0.1, 0.15) is 0 Å². The van der Waals surface area contributed by atoms with E-state index in [1.807, 2.05) is 25.1 Å². The van der Waals surface area contributed by atoms with E-state index in [2.05, 4.69) is 39.4 Å². The van der Waals surface area contributed by atoms with Crippen LogP contribution in [0.25, 0.3) is 6.08 Å². The Labute approximate surface area is 203 Å². The second kappa shape index (κ2) is 11.3. The summed E-state index contributed by atoms with van der Waals surface area (Å²) in [6.45, 7) is 7.48. The molecule has 1 amide bonds. The summed E-state index contributed by atoms with van der Waals surface area (Å²) in [7, 11) is -3.44. The van der Waals surface area contributed by atoms with Crippen molar-refractivity contribution in [3.8, 4) is 0 Å². The zero-order valence-corrected chi connectivity index (χ0v) is 20.6. The van der Waals surface area contributed by atoms with Crippen LogP contribution in [0, 0.1) is 0 Å². The van der Waals surface area contributed by atoms with Crippen LogP contribution in [0.15, 0.2) is 65.6 Å². The van der Waals surface area contributed by atoms with Crippen LogP contribution in [0.2, 0.25) is 0 Å². The van der Waals surface area contributed by atoms with E-state index in [-0.39, 0.29) is 16.8 Å². The van der Waals surface area contributed by atoms with Crippen molar-refractivity contribution in [2.24, 2.45) is 0 Å². The van der Waals surface area contributed by atoms with Crippen LogP contribution in [-0.4, -0.2) is 80.3 Å². The Bertz CT molecular complexity index is 1070. The normalized spacial score (nSPS) is 19.4. The fourth-order valence-corrected chi connectivity index (χ4v) is 5.95. The van der Waals surface area contributed by atoms with E-state index >= 15 is 0 Å². The minimum absolute atomic E-state index is 0.0763. The summed E-state index contributed by atoms with van der Waals surface area (Å²) >= 11 is 0. The Balaban J connectivity index is 1.24. The zero-order chi connectivity index (χ0) is 24.0. The second-order valence-electron chi connectivity index (χ2n) is 8.95. The molecule has 8 heteroatoms. The standard InChI is InChI=1S/C26H34N4O3S/c1-22(29-20-18-28(19-21-29)15-7-10-23-8-3-2-4-9-23)26(31)27-24-11-13-25(14-12-24)34(32,33)30-16-5-6-17-30/h2-4,7-14,22H,5-6,15-21H2,1H3,(H,27,31)/b10-7+. The predicted molar refractivity (Wildman–Crippen MR) is 136 cm³/mol. The molecule has 34 heavy (non-hydrogen) atoms. The Morgan fingerprint density at radius 2 is 1.59 bits per heavy atom. The van der Waals surface area contributed by atoms with Crippen LogP contribution < -0.4 is 5.32 Å². The molecule has 2 saturated heterocycles. The molecule has 1 unspecified atom stereocenters. The molecule has 0 spiro atoms. The lowest BCUT2D eigenvalue weighted by molar-refractivity contribution is -0.121. The van der Waals surface area contributed by atoms with Crippen molar-refractivity contribution in [1.29, 1.82) is 0 Å². The van der Waals surface area contributed by atoms with Gasteiger partial charge in [-0.25, -0.2) is 8.42 Å². The van der Waals surface area contributed by atoms with Gasteiger partial charge in [-0.1, -0.05) is 42.5 Å². The molecule has 2 aliphatic rings. The molecule has 182 valence electrons. The molecule has 0 aromatic heterocycles. The third-order valence-corrected chi connectivity index (χ3v) is 8.55. The molecule has 2 heterocycles. The first-order valence-electron chi connectivity index (χ1n) is 12.0. The van der Waals surface area contributed by atoms with Gasteiger partial charge in [0.25, 0.3) is 0 Å². The van der Waals surface area contributed by atoms with Crippen molar-refractivity contribution in [2.75, 3.05) is 51.1 Å². The Kier molecular flexibility index (Phi) is 8.15. The molecular weight excluding hydrogens is 448 g/mol. The largest absolute Gasteiger partial charge is 0.325 e. The molecule has 2 aromatic carbocycles. The molecule has 7 nitrogen and oxygen atoms in total. The first-order chi connectivity index (χ1) is 16.4. The van der Waals surface area contributed by atoms with Crippen LogP contribution in [0.5, 0.6) is 0 Å². The molecule has 0 bridgehead atoms. The van der Waals surface area contributed by atoms with Gasteiger partial charge in [0, 0.05) is 51.5 Å². The first kappa shape index (κ1) is 24.6. The smallest absolute Gasteiger partial charge is 0.243 e. The van der Waals surface area contributed by atoms with Crippen LogP contribution in [0.3, 0.4) is 0 Å². The summed E-state index contributed by atoms with van der Waals surface area (Å²) in [4.78, 5) is 17.7. The molecule has 1 N–H and O–H groups in total. The number of nitrogens with zero attached hydrogens (tertiary/aromatic N) is 3. The second-order valence-corrected chi connectivity index (χ2v) is 10.9. The summed E-state index contributed by atoms with van der Waals surface area (Å²) in [5.41, 5.74) is 1.81. The van der Waals surface area contributed by atoms with Crippen molar-refractivity contribution in [2.45, 2.75) is 30.7 Å². The summed E-state index contributed by atoms with van der Waals surface area (Å²) in [5, 5.41) is 2.94. The maximum atomic E-state index is 12.8. The molecule has 2 fully saturated rings. The number of benzene rings is 2. The quantitative estimate of drug-likeness (QED) is 0.626. The van der Waals surface area contributed by atoms with E-state index in [0.717, 1.165) is 45.6 Å². The summed E-state index contributed by atoms with van der Waals surface area (Å²) in [6, 6.07) is 16.5. The average Bonchev–Trinajstić information content (AvgIpc) is 3.41. The lowest BCUT2D eigenvalue weighted by Crippen LogP contribution is -2.52. The lowest BCUT2D eigenvalue weighted by Gasteiger charge is -2.37. The van der Waals surface area contributed by atoms with E-state index < -0.39 is 10.0 Å². The van der Waals surface area contributed by atoms with Gasteiger partial charge < -0.3 is 5.32 Å². The average molecular weight is 483 g/mol. The van der Waals surface area contributed by atoms with Gasteiger partial charge in [0.2, 0.25) is 15.9 Å². The Morgan fingerprint density at radius 1 is 0.941 bits per heavy atom. The topological polar surface area (TPSA) is 73.0 Å². The van der Waals surface area contributed by atoms with Gasteiger partial charge in [-0.05, 0) is 49.6 Å². The highest BCUT2D eigenvalue weighted by atomic mass is 32.2. The highest BCUT2D eigenvalue weighted by molar-refractivity contribution is 7.89. The number of rotatable bonds is 8. The third kappa shape index (κ3) is 6.13. The van der Waals surface area contributed by atoms with Gasteiger partial charge in [-0.15, -0.1) is 0 Å². The van der Waals surface area contributed by atoms with E-state index in [0.29, 0.717) is 18.8 Å². The fourth-order valence-electron chi connectivity index (χ4n) is 4.44. The van der Waals surface area contributed by atoms with Gasteiger partial charge in [-0.2, -0.15) is 4.31 Å². The van der Waals surface area contributed by atoms with Gasteiger partial charge in [0.15, 0.2) is 0 Å². The molecule has 0 aliphatic carbocycles. The number of carbonyl (C=O) groups is 1. The highest BCUT2D eigenvalue weighted by Gasteiger charge is 2.28. The SMILES string of the molecule is CC(C(=O)Nc1ccc(S(=O)(=O)N2CCCC2)cc1)N1CCN(C/C=C/c2ccccc2)CC1. The maximum absolute atomic E-state index is 12.8. The number of anilines is 1. The Morgan fingerprint density at radius 3 is 2.24 bits per heavy atom. The minimum atomic E-state index is -3.44. The molecule has 0 saturated carbocycles. The molecule has 0 radical (unpaired) electrons. The Hall–Kier alpha value is -2.52. The van der Waals surface area contributed by atoms with Gasteiger partial charge in [0.05, 0.1) is 10.9 Å². The number of piperazine rings is 1. The first-order valence-corrected chi connectivity index (χ1v) is 13.5. The zero-order valence-electron chi connectivity index (χ0n) is 19.8. The van der Waals surface area contributed by atoms with E-state index in [1.165, 1.54) is 9.87 Å². The number of carbonyl (C=O) groups excluding carboxylic acids is 1. The van der Waals surface area contributed by atoms with Crippen LogP contribution in [0.4, 0.5) is 5.69 Å². The van der Waals surface area contributed by atoms with Crippen molar-refractivity contribution in [1.82, 2.24) is 14.1 Å². The predicted octanol–water partition coefficient (Wildman–Crippen LogP) is 3.13. The highest BCUT2D eigenvalue weighted by Crippen LogP contribution is 2.22. The maximum Gasteiger partial charge on any atom is 0.243 e. The van der Waals surface area contributed by atoms with Crippen molar-refractivity contribution < 1.29 is 13.2 Å². The molecule has 1 atom stereocenters. The molecular formula is C26H34N4O3S. The van der Waals surface area contributed by atoms with E-state index in [9.17, 15) is 13.2 Å². The minimum Gasteiger partial charge on any atom is -0.325 e. The summed E-state index contributed by atoms with van der Waals surface area (Å²) in [5.74, 6) is -0.0763. The van der Waals surface area contributed by atoms with Crippen molar-refractivity contribution >= 4 is 27.7 Å². The summed E-state index contributed by atoms with van der Waals surface area (Å²) < 4.78 is 26.9. The van der Waals surface area contributed by atoms with Crippen LogP contribution in [0.1, 0.15) is 25.3 Å². The van der Waals surface area contributed by atoms with Crippen molar-refractivity contribution in [3.05, 3.63) is 66.2 Å². The van der Waals surface area contributed by atoms with Crippen molar-refractivity contribution in [3.63, 3.8) is 0 Å². The van der Waals surface area contributed by atoms with Crippen LogP contribution in [-0.2, 0) is 14.8 Å². The van der Waals surface area contributed by atoms with Crippen LogP contribution >= 0.6 is 0 Å². The van der Waals surface area contributed by atoms with Gasteiger partial charge in [-0.3, -0.25) is 14.6 Å². The van der Waals surface area contributed by atoms with Gasteiger partial charge >= 0.3 is 0 Å². The number of hydrogen-bond donors (Lipinski definition) is 1. The number of amides is 1. The molecule has 2 aromatic rings. The van der Waals surface area contributed by atoms with E-state index in [4.69, 9.17) is 0 Å². The third-order valence-electron chi connectivity index (χ3n) is 6.63. The number of sulfonamides is 1. The molecule has 2 aliphatic heterocycles. The fraction of sp³-hybridized carbons (Fsp3) is 0.423. The number of hydrogen-bond acceptors (Lipinski definition) is 5. The van der Waals surface area contributed by atoms with E-state index in [1.54, 1.807) is 24.3 Å². The summed E-state index contributed by atoms with van der Waals surface area (Å²) in [6.07, 6.45) is 6.15. The monoisotopic (exact) mass is 482 g/mol. The number of nitrogens with one attached hydrogen (secondary N) is 1. The lowest BCUT2D eigenvalue weighted by atomic mass is 10.2. The molecule has 4 rings (SSSR count).